The van der Waals surface area contributed by atoms with Crippen molar-refractivity contribution in [3.63, 3.8) is 0 Å². The molecule has 2 fully saturated rings. The lowest BCUT2D eigenvalue weighted by atomic mass is 9.90. The van der Waals surface area contributed by atoms with E-state index in [1.54, 1.807) is 0 Å². The third-order valence-corrected chi connectivity index (χ3v) is 3.39. The fourth-order valence-corrected chi connectivity index (χ4v) is 2.58. The molecule has 0 aliphatic carbocycles. The molecule has 3 heteroatoms. The molecular weight excluding hydrogens is 164 g/mol. The second kappa shape index (κ2) is 4.40. The maximum Gasteiger partial charge on any atom is 0.0584 e. The lowest BCUT2D eigenvalue weighted by Crippen LogP contribution is -2.40. The molecule has 3 N–H and O–H groups in total. The van der Waals surface area contributed by atoms with Gasteiger partial charge in [-0.25, -0.2) is 0 Å². The first-order chi connectivity index (χ1) is 6.40. The lowest BCUT2D eigenvalue weighted by Gasteiger charge is -2.28. The zero-order chi connectivity index (χ0) is 9.10. The minimum Gasteiger partial charge on any atom is -0.395 e. The molecule has 0 amide bonds. The SMILES string of the molecule is OCC1CC(C2CCCCN2)CN1. The molecule has 2 aliphatic rings. The molecule has 76 valence electrons. The van der Waals surface area contributed by atoms with E-state index in [9.17, 15) is 0 Å². The number of piperidine rings is 1. The summed E-state index contributed by atoms with van der Waals surface area (Å²) in [5.74, 6) is 0.748. The molecule has 0 saturated carbocycles. The van der Waals surface area contributed by atoms with E-state index in [4.69, 9.17) is 5.11 Å². The summed E-state index contributed by atoms with van der Waals surface area (Å²) in [6.07, 6.45) is 5.18. The van der Waals surface area contributed by atoms with Gasteiger partial charge in [-0.3, -0.25) is 0 Å². The smallest absolute Gasteiger partial charge is 0.0584 e. The van der Waals surface area contributed by atoms with E-state index < -0.39 is 0 Å². The van der Waals surface area contributed by atoms with E-state index in [-0.39, 0.29) is 0 Å². The van der Waals surface area contributed by atoms with Crippen molar-refractivity contribution < 1.29 is 5.11 Å². The number of hydrogen-bond donors (Lipinski definition) is 3. The number of hydrogen-bond acceptors (Lipinski definition) is 3. The Kier molecular flexibility index (Phi) is 3.19. The Bertz CT molecular complexity index is 157. The van der Waals surface area contributed by atoms with Crippen LogP contribution in [0.3, 0.4) is 0 Å². The standard InChI is InChI=1S/C10H20N2O/c13-7-9-5-8(6-12-9)10-3-1-2-4-11-10/h8-13H,1-7H2. The van der Waals surface area contributed by atoms with E-state index in [0.29, 0.717) is 18.7 Å². The largest absolute Gasteiger partial charge is 0.395 e. The fraction of sp³-hybridized carbons (Fsp3) is 1.00. The Hall–Kier alpha value is -0.120. The Labute approximate surface area is 79.9 Å². The molecule has 0 bridgehead atoms. The van der Waals surface area contributed by atoms with E-state index in [1.165, 1.54) is 25.8 Å². The van der Waals surface area contributed by atoms with Crippen molar-refractivity contribution in [3.8, 4) is 0 Å². The summed E-state index contributed by atoms with van der Waals surface area (Å²) in [6, 6.07) is 1.06. The maximum atomic E-state index is 9.00. The predicted molar refractivity (Wildman–Crippen MR) is 52.6 cm³/mol. The van der Waals surface area contributed by atoms with Crippen LogP contribution < -0.4 is 10.6 Å². The minimum atomic E-state index is 0.295. The molecule has 3 unspecified atom stereocenters. The van der Waals surface area contributed by atoms with E-state index in [2.05, 4.69) is 10.6 Å². The van der Waals surface area contributed by atoms with Crippen LogP contribution in [-0.4, -0.2) is 36.9 Å². The van der Waals surface area contributed by atoms with Crippen molar-refractivity contribution in [2.24, 2.45) is 5.92 Å². The van der Waals surface area contributed by atoms with Crippen molar-refractivity contribution in [1.82, 2.24) is 10.6 Å². The van der Waals surface area contributed by atoms with Gasteiger partial charge >= 0.3 is 0 Å². The second-order valence-electron chi connectivity index (χ2n) is 4.34. The van der Waals surface area contributed by atoms with Crippen molar-refractivity contribution >= 4 is 0 Å². The Morgan fingerprint density at radius 2 is 2.15 bits per heavy atom. The summed E-state index contributed by atoms with van der Waals surface area (Å²) < 4.78 is 0. The monoisotopic (exact) mass is 184 g/mol. The van der Waals surface area contributed by atoms with Crippen LogP contribution in [0, 0.1) is 5.92 Å². The average molecular weight is 184 g/mol. The first-order valence-electron chi connectivity index (χ1n) is 5.48. The van der Waals surface area contributed by atoms with Crippen LogP contribution in [-0.2, 0) is 0 Å². The normalized spacial score (nSPS) is 40.8. The summed E-state index contributed by atoms with van der Waals surface area (Å²) in [6.45, 7) is 2.57. The first-order valence-corrected chi connectivity index (χ1v) is 5.48. The van der Waals surface area contributed by atoms with Crippen molar-refractivity contribution in [2.45, 2.75) is 37.8 Å². The summed E-state index contributed by atoms with van der Waals surface area (Å²) in [4.78, 5) is 0. The number of rotatable bonds is 2. The highest BCUT2D eigenvalue weighted by molar-refractivity contribution is 4.89. The molecule has 0 radical (unpaired) electrons. The highest BCUT2D eigenvalue weighted by Crippen LogP contribution is 2.23. The second-order valence-corrected chi connectivity index (χ2v) is 4.34. The number of aliphatic hydroxyl groups is 1. The van der Waals surface area contributed by atoms with Gasteiger partial charge in [-0.2, -0.15) is 0 Å². The van der Waals surface area contributed by atoms with Crippen LogP contribution in [0.25, 0.3) is 0 Å². The zero-order valence-electron chi connectivity index (χ0n) is 8.13. The van der Waals surface area contributed by atoms with E-state index in [0.717, 1.165) is 18.9 Å². The fourth-order valence-electron chi connectivity index (χ4n) is 2.58. The Morgan fingerprint density at radius 3 is 2.77 bits per heavy atom. The average Bonchev–Trinajstić information content (AvgIpc) is 2.67. The van der Waals surface area contributed by atoms with E-state index >= 15 is 0 Å². The Balaban J connectivity index is 1.80. The van der Waals surface area contributed by atoms with Crippen molar-refractivity contribution in [1.29, 1.82) is 0 Å². The van der Waals surface area contributed by atoms with E-state index in [1.807, 2.05) is 0 Å². The van der Waals surface area contributed by atoms with Gasteiger partial charge in [-0.15, -0.1) is 0 Å². The van der Waals surface area contributed by atoms with Gasteiger partial charge in [-0.1, -0.05) is 6.42 Å². The topological polar surface area (TPSA) is 44.3 Å². The predicted octanol–water partition coefficient (Wildman–Crippen LogP) is 0.0989. The molecule has 2 rings (SSSR count). The number of nitrogens with one attached hydrogen (secondary N) is 2. The quantitative estimate of drug-likeness (QED) is 0.570. The van der Waals surface area contributed by atoms with Gasteiger partial charge in [0, 0.05) is 12.1 Å². The van der Waals surface area contributed by atoms with Gasteiger partial charge in [0.05, 0.1) is 6.61 Å². The molecule has 2 heterocycles. The van der Waals surface area contributed by atoms with Crippen LogP contribution in [0.4, 0.5) is 0 Å². The van der Waals surface area contributed by atoms with Gasteiger partial charge < -0.3 is 15.7 Å². The van der Waals surface area contributed by atoms with Crippen LogP contribution in [0.15, 0.2) is 0 Å². The molecule has 13 heavy (non-hydrogen) atoms. The highest BCUT2D eigenvalue weighted by atomic mass is 16.3. The first kappa shape index (κ1) is 9.44. The zero-order valence-corrected chi connectivity index (χ0v) is 8.13. The molecule has 2 aliphatic heterocycles. The number of aliphatic hydroxyl groups excluding tert-OH is 1. The minimum absolute atomic E-state index is 0.295. The third kappa shape index (κ3) is 2.22. The summed E-state index contributed by atoms with van der Waals surface area (Å²) in [5, 5.41) is 15.9. The molecule has 3 atom stereocenters. The summed E-state index contributed by atoms with van der Waals surface area (Å²) >= 11 is 0. The molecule has 0 aromatic rings. The van der Waals surface area contributed by atoms with Crippen LogP contribution in [0.5, 0.6) is 0 Å². The Morgan fingerprint density at radius 1 is 1.23 bits per heavy atom. The van der Waals surface area contributed by atoms with Crippen molar-refractivity contribution in [3.05, 3.63) is 0 Å². The third-order valence-electron chi connectivity index (χ3n) is 3.39. The molecular formula is C10H20N2O. The van der Waals surface area contributed by atoms with Gasteiger partial charge in [0.15, 0.2) is 0 Å². The summed E-state index contributed by atoms with van der Waals surface area (Å²) in [7, 11) is 0. The summed E-state index contributed by atoms with van der Waals surface area (Å²) in [5.41, 5.74) is 0. The molecule has 0 spiro atoms. The highest BCUT2D eigenvalue weighted by Gasteiger charge is 2.30. The molecule has 0 aromatic carbocycles. The maximum absolute atomic E-state index is 9.00. The van der Waals surface area contributed by atoms with Crippen molar-refractivity contribution in [2.75, 3.05) is 19.7 Å². The molecule has 2 saturated heterocycles. The molecule has 0 aromatic heterocycles. The molecule has 3 nitrogen and oxygen atoms in total. The van der Waals surface area contributed by atoms with Crippen LogP contribution in [0.2, 0.25) is 0 Å². The lowest BCUT2D eigenvalue weighted by molar-refractivity contribution is 0.246. The van der Waals surface area contributed by atoms with Crippen LogP contribution in [0.1, 0.15) is 25.7 Å². The van der Waals surface area contributed by atoms with Gasteiger partial charge in [0.2, 0.25) is 0 Å². The van der Waals surface area contributed by atoms with Gasteiger partial charge in [0.1, 0.15) is 0 Å². The van der Waals surface area contributed by atoms with Gasteiger partial charge in [0.25, 0.3) is 0 Å². The van der Waals surface area contributed by atoms with Gasteiger partial charge in [-0.05, 0) is 38.3 Å². The van der Waals surface area contributed by atoms with Crippen LogP contribution >= 0.6 is 0 Å².